The lowest BCUT2D eigenvalue weighted by Crippen LogP contribution is -2.32. The Balaban J connectivity index is 2.39. The Morgan fingerprint density at radius 1 is 1.47 bits per heavy atom. The summed E-state index contributed by atoms with van der Waals surface area (Å²) >= 11 is 0. The first-order valence-electron chi connectivity index (χ1n) is 5.34. The zero-order valence-electron chi connectivity index (χ0n) is 9.71. The number of amides is 1. The van der Waals surface area contributed by atoms with Crippen molar-refractivity contribution in [3.63, 3.8) is 0 Å². The van der Waals surface area contributed by atoms with Gasteiger partial charge < -0.3 is 4.90 Å². The lowest BCUT2D eigenvalue weighted by Gasteiger charge is -2.17. The molecule has 1 amide bonds. The van der Waals surface area contributed by atoms with Gasteiger partial charge in [0.1, 0.15) is 11.1 Å². The molecule has 0 aromatic heterocycles. The molecule has 0 saturated carbocycles. The van der Waals surface area contributed by atoms with Crippen LogP contribution >= 0.6 is 0 Å². The SMILES string of the molecule is N#Cc1ccc(F)c(N2CC(S(N)(=O)=O)CC2=O)c1. The molecule has 1 aromatic carbocycles. The fourth-order valence-electron chi connectivity index (χ4n) is 1.92. The summed E-state index contributed by atoms with van der Waals surface area (Å²) in [7, 11) is -3.85. The normalized spacial score (nSPS) is 19.5. The first kappa shape index (κ1) is 13.5. The predicted octanol–water partition coefficient (Wildman–Crippen LogP) is 0.0912. The second-order valence-corrected chi connectivity index (χ2v) is 6.04. The van der Waals surface area contributed by atoms with E-state index in [1.54, 1.807) is 0 Å². The highest BCUT2D eigenvalue weighted by Crippen LogP contribution is 2.27. The molecule has 19 heavy (non-hydrogen) atoms. The molecule has 100 valence electrons. The maximum atomic E-state index is 13.7. The Kier molecular flexibility index (Phi) is 3.26. The Hall–Kier alpha value is -1.98. The third-order valence-electron chi connectivity index (χ3n) is 2.92. The van der Waals surface area contributed by atoms with Crippen LogP contribution in [-0.4, -0.2) is 26.1 Å². The highest BCUT2D eigenvalue weighted by molar-refractivity contribution is 7.89. The van der Waals surface area contributed by atoms with Gasteiger partial charge in [-0.2, -0.15) is 5.26 Å². The van der Waals surface area contributed by atoms with Crippen molar-refractivity contribution in [3.05, 3.63) is 29.6 Å². The van der Waals surface area contributed by atoms with Gasteiger partial charge in [-0.05, 0) is 18.2 Å². The number of sulfonamides is 1. The third kappa shape index (κ3) is 2.57. The number of rotatable bonds is 2. The number of carbonyl (C=O) groups is 1. The second-order valence-electron chi connectivity index (χ2n) is 4.20. The van der Waals surface area contributed by atoms with Crippen molar-refractivity contribution in [2.45, 2.75) is 11.7 Å². The van der Waals surface area contributed by atoms with E-state index in [0.717, 1.165) is 11.0 Å². The molecule has 0 bridgehead atoms. The van der Waals surface area contributed by atoms with E-state index in [2.05, 4.69) is 0 Å². The van der Waals surface area contributed by atoms with Gasteiger partial charge in [0, 0.05) is 13.0 Å². The van der Waals surface area contributed by atoms with Gasteiger partial charge in [0.2, 0.25) is 15.9 Å². The van der Waals surface area contributed by atoms with E-state index in [1.807, 2.05) is 6.07 Å². The van der Waals surface area contributed by atoms with E-state index in [4.69, 9.17) is 10.4 Å². The van der Waals surface area contributed by atoms with Gasteiger partial charge in [0.25, 0.3) is 0 Å². The minimum atomic E-state index is -3.85. The van der Waals surface area contributed by atoms with Gasteiger partial charge in [-0.1, -0.05) is 0 Å². The van der Waals surface area contributed by atoms with Crippen molar-refractivity contribution in [1.82, 2.24) is 0 Å². The molecule has 1 aliphatic heterocycles. The third-order valence-corrected chi connectivity index (χ3v) is 4.17. The van der Waals surface area contributed by atoms with Gasteiger partial charge in [0.15, 0.2) is 0 Å². The molecule has 6 nitrogen and oxygen atoms in total. The van der Waals surface area contributed by atoms with Crippen LogP contribution in [0.2, 0.25) is 0 Å². The number of benzene rings is 1. The summed E-state index contributed by atoms with van der Waals surface area (Å²) in [6.45, 7) is -0.205. The molecule has 8 heteroatoms. The fourth-order valence-corrected chi connectivity index (χ4v) is 2.65. The number of halogens is 1. The zero-order valence-corrected chi connectivity index (χ0v) is 10.5. The zero-order chi connectivity index (χ0) is 14.2. The number of nitrogens with zero attached hydrogens (tertiary/aromatic N) is 2. The summed E-state index contributed by atoms with van der Waals surface area (Å²) in [6, 6.07) is 5.37. The Labute approximate surface area is 109 Å². The number of hydrogen-bond donors (Lipinski definition) is 1. The van der Waals surface area contributed by atoms with Gasteiger partial charge in [0.05, 0.1) is 17.3 Å². The molecule has 1 saturated heterocycles. The molecule has 1 aromatic rings. The molecule has 1 heterocycles. The largest absolute Gasteiger partial charge is 0.308 e. The fraction of sp³-hybridized carbons (Fsp3) is 0.273. The van der Waals surface area contributed by atoms with Gasteiger partial charge >= 0.3 is 0 Å². The van der Waals surface area contributed by atoms with E-state index < -0.39 is 27.0 Å². The number of carbonyl (C=O) groups excluding carboxylic acids is 1. The van der Waals surface area contributed by atoms with Crippen LogP contribution in [0.1, 0.15) is 12.0 Å². The van der Waals surface area contributed by atoms with Gasteiger partial charge in [-0.3, -0.25) is 4.79 Å². The summed E-state index contributed by atoms with van der Waals surface area (Å²) in [6.07, 6.45) is -0.283. The summed E-state index contributed by atoms with van der Waals surface area (Å²) in [5.41, 5.74) is 0.0819. The average molecular weight is 283 g/mol. The van der Waals surface area contributed by atoms with Crippen molar-refractivity contribution >= 4 is 21.6 Å². The van der Waals surface area contributed by atoms with Gasteiger partial charge in [-0.15, -0.1) is 0 Å². The van der Waals surface area contributed by atoms with Crippen LogP contribution in [0.25, 0.3) is 0 Å². The highest BCUT2D eigenvalue weighted by atomic mass is 32.2. The van der Waals surface area contributed by atoms with Crippen LogP contribution in [0, 0.1) is 17.1 Å². The van der Waals surface area contributed by atoms with Crippen molar-refractivity contribution < 1.29 is 17.6 Å². The first-order valence-corrected chi connectivity index (χ1v) is 6.95. The highest BCUT2D eigenvalue weighted by Gasteiger charge is 2.38. The number of primary sulfonamides is 1. The molecule has 2 rings (SSSR count). The van der Waals surface area contributed by atoms with Crippen LogP contribution in [0.15, 0.2) is 18.2 Å². The van der Waals surface area contributed by atoms with Crippen molar-refractivity contribution in [3.8, 4) is 6.07 Å². The minimum Gasteiger partial charge on any atom is -0.308 e. The van der Waals surface area contributed by atoms with E-state index in [9.17, 15) is 17.6 Å². The molecule has 0 radical (unpaired) electrons. The summed E-state index contributed by atoms with van der Waals surface area (Å²) in [5.74, 6) is -1.23. The lowest BCUT2D eigenvalue weighted by atomic mass is 10.2. The summed E-state index contributed by atoms with van der Waals surface area (Å²) < 4.78 is 36.1. The number of hydrogen-bond acceptors (Lipinski definition) is 4. The molecule has 1 unspecified atom stereocenters. The van der Waals surface area contributed by atoms with Gasteiger partial charge in [-0.25, -0.2) is 17.9 Å². The molecular weight excluding hydrogens is 273 g/mol. The minimum absolute atomic E-state index is 0.102. The number of anilines is 1. The van der Waals surface area contributed by atoms with E-state index in [0.29, 0.717) is 0 Å². The van der Waals surface area contributed by atoms with Crippen LogP contribution in [-0.2, 0) is 14.8 Å². The van der Waals surface area contributed by atoms with E-state index in [1.165, 1.54) is 12.1 Å². The maximum Gasteiger partial charge on any atom is 0.228 e. The number of nitrogens with two attached hydrogens (primary N) is 1. The van der Waals surface area contributed by atoms with E-state index >= 15 is 0 Å². The van der Waals surface area contributed by atoms with Crippen molar-refractivity contribution in [2.75, 3.05) is 11.4 Å². The molecule has 1 aliphatic rings. The standard InChI is InChI=1S/C11H10FN3O3S/c12-9-2-1-7(5-13)3-10(9)15-6-8(4-11(15)16)19(14,17)18/h1-3,8H,4,6H2,(H2,14,17,18). The smallest absolute Gasteiger partial charge is 0.228 e. The molecule has 0 aliphatic carbocycles. The van der Waals surface area contributed by atoms with Crippen molar-refractivity contribution in [2.24, 2.45) is 5.14 Å². The van der Waals surface area contributed by atoms with E-state index in [-0.39, 0.29) is 24.2 Å². The number of nitriles is 1. The molecule has 1 atom stereocenters. The molecule has 1 fully saturated rings. The Morgan fingerprint density at radius 2 is 2.16 bits per heavy atom. The maximum absolute atomic E-state index is 13.7. The summed E-state index contributed by atoms with van der Waals surface area (Å²) in [4.78, 5) is 12.7. The van der Waals surface area contributed by atoms with Crippen LogP contribution in [0.5, 0.6) is 0 Å². The van der Waals surface area contributed by atoms with Crippen LogP contribution in [0.3, 0.4) is 0 Å². The van der Waals surface area contributed by atoms with Crippen LogP contribution in [0.4, 0.5) is 10.1 Å². The quantitative estimate of drug-likeness (QED) is 0.830. The summed E-state index contributed by atoms with van der Waals surface area (Å²) in [5, 5.41) is 12.7. The topological polar surface area (TPSA) is 104 Å². The Morgan fingerprint density at radius 3 is 2.68 bits per heavy atom. The molecule has 2 N–H and O–H groups in total. The predicted molar refractivity (Wildman–Crippen MR) is 65.0 cm³/mol. The van der Waals surface area contributed by atoms with Crippen molar-refractivity contribution in [1.29, 1.82) is 5.26 Å². The lowest BCUT2D eigenvalue weighted by molar-refractivity contribution is -0.117. The molecule has 0 spiro atoms. The monoisotopic (exact) mass is 283 g/mol. The second kappa shape index (κ2) is 4.60. The average Bonchev–Trinajstić information content (AvgIpc) is 2.72. The first-order chi connectivity index (χ1) is 8.82. The van der Waals surface area contributed by atoms with Crippen LogP contribution < -0.4 is 10.0 Å². The Bertz CT molecular complexity index is 681. The molecular formula is C11H10FN3O3S.